The molecule has 0 saturated heterocycles. The third-order valence-corrected chi connectivity index (χ3v) is 3.61. The lowest BCUT2D eigenvalue weighted by Gasteiger charge is -2.08. The monoisotopic (exact) mass is 314 g/mol. The number of rotatable bonds is 8. The molecule has 2 aromatic rings. The van der Waals surface area contributed by atoms with E-state index < -0.39 is 0 Å². The van der Waals surface area contributed by atoms with Crippen molar-refractivity contribution in [3.63, 3.8) is 0 Å². The van der Waals surface area contributed by atoms with Crippen LogP contribution in [0.1, 0.15) is 23.1 Å². The molecule has 23 heavy (non-hydrogen) atoms. The van der Waals surface area contributed by atoms with Crippen molar-refractivity contribution >= 4 is 5.91 Å². The van der Waals surface area contributed by atoms with Crippen molar-refractivity contribution in [2.24, 2.45) is 0 Å². The van der Waals surface area contributed by atoms with Crippen LogP contribution in [0.5, 0.6) is 0 Å². The van der Waals surface area contributed by atoms with Crippen LogP contribution in [0.15, 0.2) is 48.5 Å². The van der Waals surface area contributed by atoms with Gasteiger partial charge in [0, 0.05) is 26.1 Å². The van der Waals surface area contributed by atoms with Gasteiger partial charge in [0.2, 0.25) is 5.91 Å². The molecule has 2 rings (SSSR count). The zero-order valence-electron chi connectivity index (χ0n) is 13.4. The molecule has 0 spiro atoms. The average Bonchev–Trinajstić information content (AvgIpc) is 2.53. The fourth-order valence-electron chi connectivity index (χ4n) is 2.38. The Hall–Kier alpha value is -2.20. The molecule has 3 nitrogen and oxygen atoms in total. The van der Waals surface area contributed by atoms with E-state index in [1.807, 2.05) is 6.07 Å². The second kappa shape index (κ2) is 9.06. The zero-order chi connectivity index (χ0) is 16.5. The van der Waals surface area contributed by atoms with Crippen LogP contribution in [0.2, 0.25) is 0 Å². The number of carbonyl (C=O) groups excluding carboxylic acids is 1. The quantitative estimate of drug-likeness (QED) is 0.736. The highest BCUT2D eigenvalue weighted by Gasteiger charge is 2.03. The fraction of sp³-hybridized carbons (Fsp3) is 0.316. The Morgan fingerprint density at radius 3 is 2.70 bits per heavy atom. The Morgan fingerprint density at radius 1 is 1.09 bits per heavy atom. The topological polar surface area (TPSA) is 41.1 Å². The number of hydrogen-bond donors (Lipinski definition) is 2. The van der Waals surface area contributed by atoms with Gasteiger partial charge >= 0.3 is 0 Å². The normalized spacial score (nSPS) is 10.5. The summed E-state index contributed by atoms with van der Waals surface area (Å²) in [5.41, 5.74) is 3.07. The summed E-state index contributed by atoms with van der Waals surface area (Å²) < 4.78 is 13.4. The number of aryl methyl sites for hydroxylation is 1. The molecule has 1 amide bonds. The smallest absolute Gasteiger partial charge is 0.221 e. The van der Waals surface area contributed by atoms with E-state index >= 15 is 0 Å². The van der Waals surface area contributed by atoms with E-state index in [2.05, 4.69) is 35.8 Å². The molecular formula is C19H23FN2O. The van der Waals surface area contributed by atoms with Gasteiger partial charge in [-0.15, -0.1) is 0 Å². The van der Waals surface area contributed by atoms with Crippen LogP contribution in [0.25, 0.3) is 0 Å². The second-order valence-electron chi connectivity index (χ2n) is 5.61. The Morgan fingerprint density at radius 2 is 1.91 bits per heavy atom. The molecule has 0 saturated carbocycles. The van der Waals surface area contributed by atoms with Crippen LogP contribution in [-0.4, -0.2) is 19.0 Å². The van der Waals surface area contributed by atoms with E-state index in [1.54, 1.807) is 18.2 Å². The summed E-state index contributed by atoms with van der Waals surface area (Å²) >= 11 is 0. The minimum absolute atomic E-state index is 0.0157. The van der Waals surface area contributed by atoms with Gasteiger partial charge in [0.1, 0.15) is 5.82 Å². The minimum atomic E-state index is -0.221. The Kier molecular flexibility index (Phi) is 6.76. The highest BCUT2D eigenvalue weighted by atomic mass is 19.1. The van der Waals surface area contributed by atoms with Gasteiger partial charge in [-0.1, -0.05) is 48.0 Å². The third kappa shape index (κ3) is 6.20. The summed E-state index contributed by atoms with van der Waals surface area (Å²) in [6.07, 6.45) is 0.929. The van der Waals surface area contributed by atoms with Crippen LogP contribution in [-0.2, 0) is 17.8 Å². The lowest BCUT2D eigenvalue weighted by atomic mass is 10.1. The maximum atomic E-state index is 13.4. The van der Waals surface area contributed by atoms with Crippen molar-refractivity contribution in [3.8, 4) is 0 Å². The van der Waals surface area contributed by atoms with Crippen LogP contribution < -0.4 is 10.6 Å². The fourth-order valence-corrected chi connectivity index (χ4v) is 2.38. The standard InChI is InChI=1S/C19H23FN2O/c1-15-5-4-6-16(13-15)14-21-11-10-19(23)22-12-9-17-7-2-3-8-18(17)20/h2-8,13,21H,9-12,14H2,1H3,(H,22,23). The number of hydrogen-bond acceptors (Lipinski definition) is 2. The molecular weight excluding hydrogens is 291 g/mol. The summed E-state index contributed by atoms with van der Waals surface area (Å²) in [7, 11) is 0. The van der Waals surface area contributed by atoms with E-state index in [1.165, 1.54) is 17.2 Å². The summed E-state index contributed by atoms with van der Waals surface area (Å²) in [6.45, 7) is 3.90. The molecule has 0 aliphatic rings. The summed E-state index contributed by atoms with van der Waals surface area (Å²) in [5.74, 6) is -0.236. The molecule has 0 bridgehead atoms. The SMILES string of the molecule is Cc1cccc(CNCCC(=O)NCCc2ccccc2F)c1. The Balaban J connectivity index is 1.59. The molecule has 0 heterocycles. The number of halogens is 1. The van der Waals surface area contributed by atoms with Gasteiger partial charge in [0.05, 0.1) is 0 Å². The van der Waals surface area contributed by atoms with Gasteiger partial charge in [-0.25, -0.2) is 4.39 Å². The summed E-state index contributed by atoms with van der Waals surface area (Å²) in [5, 5.41) is 6.08. The van der Waals surface area contributed by atoms with E-state index in [4.69, 9.17) is 0 Å². The molecule has 0 radical (unpaired) electrons. The number of carbonyl (C=O) groups is 1. The van der Waals surface area contributed by atoms with E-state index in [0.29, 0.717) is 31.5 Å². The number of benzene rings is 2. The van der Waals surface area contributed by atoms with Crippen LogP contribution >= 0.6 is 0 Å². The van der Waals surface area contributed by atoms with E-state index in [9.17, 15) is 9.18 Å². The van der Waals surface area contributed by atoms with Gasteiger partial charge in [0.25, 0.3) is 0 Å². The zero-order valence-corrected chi connectivity index (χ0v) is 13.4. The first kappa shape index (κ1) is 17.2. The molecule has 4 heteroatoms. The highest BCUT2D eigenvalue weighted by molar-refractivity contribution is 5.76. The summed E-state index contributed by atoms with van der Waals surface area (Å²) in [4.78, 5) is 11.7. The van der Waals surface area contributed by atoms with Crippen molar-refractivity contribution in [2.75, 3.05) is 13.1 Å². The van der Waals surface area contributed by atoms with Crippen molar-refractivity contribution < 1.29 is 9.18 Å². The molecule has 2 aromatic carbocycles. The predicted octanol–water partition coefficient (Wildman–Crippen LogP) is 2.97. The van der Waals surface area contributed by atoms with Crippen molar-refractivity contribution in [1.29, 1.82) is 0 Å². The molecule has 0 aromatic heterocycles. The van der Waals surface area contributed by atoms with Crippen molar-refractivity contribution in [2.45, 2.75) is 26.3 Å². The average molecular weight is 314 g/mol. The number of amides is 1. The molecule has 0 fully saturated rings. The predicted molar refractivity (Wildman–Crippen MR) is 90.6 cm³/mol. The molecule has 2 N–H and O–H groups in total. The van der Waals surface area contributed by atoms with E-state index in [-0.39, 0.29) is 11.7 Å². The molecule has 0 aliphatic heterocycles. The third-order valence-electron chi connectivity index (χ3n) is 3.61. The van der Waals surface area contributed by atoms with E-state index in [0.717, 1.165) is 6.54 Å². The van der Waals surface area contributed by atoms with Gasteiger partial charge in [-0.05, 0) is 30.5 Å². The lowest BCUT2D eigenvalue weighted by molar-refractivity contribution is -0.120. The summed E-state index contributed by atoms with van der Waals surface area (Å²) in [6, 6.07) is 14.9. The highest BCUT2D eigenvalue weighted by Crippen LogP contribution is 2.06. The van der Waals surface area contributed by atoms with Gasteiger partial charge in [-0.3, -0.25) is 4.79 Å². The Bertz CT molecular complexity index is 643. The van der Waals surface area contributed by atoms with Crippen LogP contribution in [0.3, 0.4) is 0 Å². The van der Waals surface area contributed by atoms with Crippen molar-refractivity contribution in [1.82, 2.24) is 10.6 Å². The molecule has 0 unspecified atom stereocenters. The van der Waals surface area contributed by atoms with Gasteiger partial charge < -0.3 is 10.6 Å². The van der Waals surface area contributed by atoms with Crippen LogP contribution in [0, 0.1) is 12.7 Å². The first-order valence-electron chi connectivity index (χ1n) is 7.91. The largest absolute Gasteiger partial charge is 0.356 e. The second-order valence-corrected chi connectivity index (χ2v) is 5.61. The first-order chi connectivity index (χ1) is 11.1. The molecule has 122 valence electrons. The maximum absolute atomic E-state index is 13.4. The van der Waals surface area contributed by atoms with Crippen molar-refractivity contribution in [3.05, 3.63) is 71.0 Å². The molecule has 0 atom stereocenters. The van der Waals surface area contributed by atoms with Crippen LogP contribution in [0.4, 0.5) is 4.39 Å². The van der Waals surface area contributed by atoms with Gasteiger partial charge in [-0.2, -0.15) is 0 Å². The lowest BCUT2D eigenvalue weighted by Crippen LogP contribution is -2.29. The van der Waals surface area contributed by atoms with Gasteiger partial charge in [0.15, 0.2) is 0 Å². The Labute approximate surface area is 136 Å². The first-order valence-corrected chi connectivity index (χ1v) is 7.91. The maximum Gasteiger partial charge on any atom is 0.221 e. The minimum Gasteiger partial charge on any atom is -0.356 e. The number of nitrogens with one attached hydrogen (secondary N) is 2. The molecule has 0 aliphatic carbocycles.